The molecule has 0 bridgehead atoms. The van der Waals surface area contributed by atoms with E-state index < -0.39 is 0 Å². The van der Waals surface area contributed by atoms with Crippen LogP contribution in [0.3, 0.4) is 0 Å². The monoisotopic (exact) mass is 344 g/mol. The van der Waals surface area contributed by atoms with Crippen molar-refractivity contribution in [2.45, 2.75) is 44.4 Å². The van der Waals surface area contributed by atoms with E-state index in [4.69, 9.17) is 9.47 Å². The van der Waals surface area contributed by atoms with Crippen molar-refractivity contribution in [2.75, 3.05) is 26.8 Å². The van der Waals surface area contributed by atoms with Gasteiger partial charge in [0.2, 0.25) is 5.91 Å². The normalized spacial score (nSPS) is 29.2. The molecule has 1 saturated carbocycles. The summed E-state index contributed by atoms with van der Waals surface area (Å²) in [6.07, 6.45) is 4.03. The van der Waals surface area contributed by atoms with E-state index in [9.17, 15) is 4.79 Å². The lowest BCUT2D eigenvalue weighted by Gasteiger charge is -2.35. The molecule has 0 aromatic heterocycles. The second kappa shape index (κ2) is 7.34. The number of carbonyl (C=O) groups excluding carboxylic acids is 1. The minimum atomic E-state index is 0.108. The van der Waals surface area contributed by atoms with Gasteiger partial charge in [-0.15, -0.1) is 0 Å². The highest BCUT2D eigenvalue weighted by Crippen LogP contribution is 2.36. The SMILES string of the molecule is COc1ccccc1CN1CC[C@@H]2[C@@H](CO[C@@H]2CC(=O)NC2CC2)C1. The Hall–Kier alpha value is -1.59. The fraction of sp³-hybridized carbons (Fsp3) is 0.650. The van der Waals surface area contributed by atoms with Gasteiger partial charge in [0.15, 0.2) is 0 Å². The number of ether oxygens (including phenoxy) is 2. The summed E-state index contributed by atoms with van der Waals surface area (Å²) >= 11 is 0. The fourth-order valence-electron chi connectivity index (χ4n) is 4.29. The highest BCUT2D eigenvalue weighted by molar-refractivity contribution is 5.77. The van der Waals surface area contributed by atoms with Crippen LogP contribution in [0, 0.1) is 11.8 Å². The summed E-state index contributed by atoms with van der Waals surface area (Å²) in [5.74, 6) is 2.20. The van der Waals surface area contributed by atoms with Crippen molar-refractivity contribution in [3.05, 3.63) is 29.8 Å². The van der Waals surface area contributed by atoms with Crippen LogP contribution in [0.1, 0.15) is 31.2 Å². The minimum Gasteiger partial charge on any atom is -0.496 e. The van der Waals surface area contributed by atoms with Crippen molar-refractivity contribution in [1.82, 2.24) is 10.2 Å². The van der Waals surface area contributed by atoms with Crippen LogP contribution in [-0.4, -0.2) is 49.8 Å². The average molecular weight is 344 g/mol. The molecule has 1 amide bonds. The molecule has 5 nitrogen and oxygen atoms in total. The van der Waals surface area contributed by atoms with Crippen molar-refractivity contribution in [3.8, 4) is 5.75 Å². The Bertz CT molecular complexity index is 617. The number of para-hydroxylation sites is 1. The first-order valence-corrected chi connectivity index (χ1v) is 9.48. The zero-order valence-electron chi connectivity index (χ0n) is 14.9. The molecule has 4 rings (SSSR count). The van der Waals surface area contributed by atoms with Gasteiger partial charge in [0.05, 0.1) is 26.2 Å². The molecule has 2 saturated heterocycles. The number of carbonyl (C=O) groups is 1. The zero-order chi connectivity index (χ0) is 17.2. The Morgan fingerprint density at radius 3 is 2.96 bits per heavy atom. The predicted molar refractivity (Wildman–Crippen MR) is 95.4 cm³/mol. The number of piperidine rings is 1. The maximum atomic E-state index is 12.1. The maximum Gasteiger partial charge on any atom is 0.222 e. The summed E-state index contributed by atoms with van der Waals surface area (Å²) in [6, 6.07) is 8.68. The number of nitrogens with zero attached hydrogens (tertiary/aromatic N) is 1. The second-order valence-corrected chi connectivity index (χ2v) is 7.68. The Balaban J connectivity index is 1.31. The first-order chi connectivity index (χ1) is 12.2. The van der Waals surface area contributed by atoms with Crippen molar-refractivity contribution in [1.29, 1.82) is 0 Å². The molecule has 0 radical (unpaired) electrons. The van der Waals surface area contributed by atoms with Crippen molar-refractivity contribution < 1.29 is 14.3 Å². The smallest absolute Gasteiger partial charge is 0.222 e. The third-order valence-electron chi connectivity index (χ3n) is 5.79. The first kappa shape index (κ1) is 16.9. The molecule has 1 aromatic carbocycles. The van der Waals surface area contributed by atoms with Gasteiger partial charge in [-0.2, -0.15) is 0 Å². The van der Waals surface area contributed by atoms with Crippen molar-refractivity contribution in [2.24, 2.45) is 11.8 Å². The van der Waals surface area contributed by atoms with Gasteiger partial charge in [0.1, 0.15) is 5.75 Å². The summed E-state index contributed by atoms with van der Waals surface area (Å²) in [5.41, 5.74) is 1.24. The standard InChI is InChI=1S/C20H28N2O3/c1-24-18-5-3-2-4-14(18)11-22-9-8-17-15(12-22)13-25-19(17)10-20(23)21-16-6-7-16/h2-5,15-17,19H,6-13H2,1H3,(H,21,23)/t15-,17-,19-/m1/s1. The van der Waals surface area contributed by atoms with Gasteiger partial charge in [-0.3, -0.25) is 9.69 Å². The quantitative estimate of drug-likeness (QED) is 0.860. The summed E-state index contributed by atoms with van der Waals surface area (Å²) in [7, 11) is 1.73. The van der Waals surface area contributed by atoms with E-state index in [1.807, 2.05) is 12.1 Å². The van der Waals surface area contributed by atoms with E-state index >= 15 is 0 Å². The summed E-state index contributed by atoms with van der Waals surface area (Å²) in [4.78, 5) is 14.6. The highest BCUT2D eigenvalue weighted by Gasteiger charge is 2.41. The van der Waals surface area contributed by atoms with Crippen molar-refractivity contribution in [3.63, 3.8) is 0 Å². The van der Waals surface area contributed by atoms with Crippen LogP contribution in [0.2, 0.25) is 0 Å². The van der Waals surface area contributed by atoms with Crippen LogP contribution < -0.4 is 10.1 Å². The third-order valence-corrected chi connectivity index (χ3v) is 5.79. The topological polar surface area (TPSA) is 50.8 Å². The van der Waals surface area contributed by atoms with Gasteiger partial charge in [-0.25, -0.2) is 0 Å². The van der Waals surface area contributed by atoms with E-state index in [1.54, 1.807) is 7.11 Å². The number of methoxy groups -OCH3 is 1. The third kappa shape index (κ3) is 3.98. The lowest BCUT2D eigenvalue weighted by Crippen LogP contribution is -2.42. The maximum absolute atomic E-state index is 12.1. The van der Waals surface area contributed by atoms with Crippen LogP contribution in [0.5, 0.6) is 5.75 Å². The molecule has 1 aromatic rings. The molecule has 136 valence electrons. The van der Waals surface area contributed by atoms with E-state index in [0.717, 1.165) is 51.3 Å². The first-order valence-electron chi connectivity index (χ1n) is 9.48. The molecular formula is C20H28N2O3. The molecule has 1 aliphatic carbocycles. The van der Waals surface area contributed by atoms with Crippen molar-refractivity contribution >= 4 is 5.91 Å². The zero-order valence-corrected chi connectivity index (χ0v) is 14.9. The van der Waals surface area contributed by atoms with E-state index in [2.05, 4.69) is 22.3 Å². The predicted octanol–water partition coefficient (Wildman–Crippen LogP) is 2.20. The Morgan fingerprint density at radius 1 is 1.32 bits per heavy atom. The number of rotatable bonds is 6. The lowest BCUT2D eigenvalue weighted by molar-refractivity contribution is -0.123. The van der Waals surface area contributed by atoms with E-state index in [-0.39, 0.29) is 12.0 Å². The molecular weight excluding hydrogens is 316 g/mol. The number of fused-ring (bicyclic) bond motifs is 1. The number of benzene rings is 1. The van der Waals surface area contributed by atoms with Gasteiger partial charge in [-0.1, -0.05) is 18.2 Å². The largest absolute Gasteiger partial charge is 0.496 e. The van der Waals surface area contributed by atoms with Gasteiger partial charge in [0.25, 0.3) is 0 Å². The molecule has 0 unspecified atom stereocenters. The number of hydrogen-bond acceptors (Lipinski definition) is 4. The fourth-order valence-corrected chi connectivity index (χ4v) is 4.29. The molecule has 25 heavy (non-hydrogen) atoms. The molecule has 1 N–H and O–H groups in total. The lowest BCUT2D eigenvalue weighted by atomic mass is 9.83. The Morgan fingerprint density at radius 2 is 2.16 bits per heavy atom. The molecule has 2 aliphatic heterocycles. The number of likely N-dealkylation sites (tertiary alicyclic amines) is 1. The molecule has 3 fully saturated rings. The molecule has 3 aliphatic rings. The van der Waals surface area contributed by atoms with Gasteiger partial charge >= 0.3 is 0 Å². The van der Waals surface area contributed by atoms with Crippen LogP contribution in [0.4, 0.5) is 0 Å². The number of hydrogen-bond donors (Lipinski definition) is 1. The van der Waals surface area contributed by atoms with Gasteiger partial charge < -0.3 is 14.8 Å². The highest BCUT2D eigenvalue weighted by atomic mass is 16.5. The van der Waals surface area contributed by atoms with Crippen LogP contribution in [-0.2, 0) is 16.1 Å². The molecule has 2 heterocycles. The summed E-state index contributed by atoms with van der Waals surface area (Å²) < 4.78 is 11.5. The Kier molecular flexibility index (Phi) is 4.95. The number of nitrogens with one attached hydrogen (secondary N) is 1. The van der Waals surface area contributed by atoms with Crippen LogP contribution in [0.25, 0.3) is 0 Å². The van der Waals surface area contributed by atoms with Gasteiger partial charge in [-0.05, 0) is 37.8 Å². The molecule has 0 spiro atoms. The van der Waals surface area contributed by atoms with Crippen LogP contribution >= 0.6 is 0 Å². The van der Waals surface area contributed by atoms with E-state index in [0.29, 0.717) is 24.3 Å². The second-order valence-electron chi connectivity index (χ2n) is 7.68. The minimum absolute atomic E-state index is 0.108. The summed E-state index contributed by atoms with van der Waals surface area (Å²) in [6.45, 7) is 3.81. The van der Waals surface area contributed by atoms with Crippen LogP contribution in [0.15, 0.2) is 24.3 Å². The van der Waals surface area contributed by atoms with Gasteiger partial charge in [0, 0.05) is 30.6 Å². The average Bonchev–Trinajstić information content (AvgIpc) is 3.35. The van der Waals surface area contributed by atoms with E-state index in [1.165, 1.54) is 5.56 Å². The molecule has 3 atom stereocenters. The summed E-state index contributed by atoms with van der Waals surface area (Å²) in [5, 5.41) is 3.09. The number of amides is 1. The molecule has 5 heteroatoms. The Labute approximate surface area is 149 Å².